The third-order valence-corrected chi connectivity index (χ3v) is 4.16. The molecule has 1 atom stereocenters. The van der Waals surface area contributed by atoms with E-state index >= 15 is 0 Å². The molecule has 3 nitrogen and oxygen atoms in total. The first kappa shape index (κ1) is 9.62. The molecule has 0 spiro atoms. The van der Waals surface area contributed by atoms with E-state index in [1.165, 1.54) is 0 Å². The molecule has 0 radical (unpaired) electrons. The van der Waals surface area contributed by atoms with Gasteiger partial charge in [-0.1, -0.05) is 11.8 Å². The minimum Gasteiger partial charge on any atom is -0.312 e. The number of aryl methyl sites for hydroxylation is 1. The molecule has 1 fully saturated rings. The minimum absolute atomic E-state index is 0.400. The van der Waals surface area contributed by atoms with Crippen LogP contribution in [-0.2, 0) is 7.05 Å². The van der Waals surface area contributed by atoms with Gasteiger partial charge in [-0.15, -0.1) is 33.4 Å². The fourth-order valence-electron chi connectivity index (χ4n) is 1.03. The summed E-state index contributed by atoms with van der Waals surface area (Å²) in [6.45, 7) is 0. The van der Waals surface area contributed by atoms with Crippen molar-refractivity contribution in [2.45, 2.75) is 15.9 Å². The van der Waals surface area contributed by atoms with Crippen molar-refractivity contribution in [2.75, 3.05) is 5.75 Å². The first-order valence-electron chi connectivity index (χ1n) is 3.94. The van der Waals surface area contributed by atoms with Crippen molar-refractivity contribution in [3.8, 4) is 0 Å². The van der Waals surface area contributed by atoms with E-state index in [1.54, 1.807) is 18.1 Å². The molecule has 2 rings (SSSR count). The summed E-state index contributed by atoms with van der Waals surface area (Å²) in [4.78, 5) is 0. The molecule has 1 aromatic rings. The SMILES string of the molecule is Cn1cnnc1SCC1CC1(Cl)Cl. The van der Waals surface area contributed by atoms with E-state index in [-0.39, 0.29) is 0 Å². The Balaban J connectivity index is 1.85. The normalized spacial score (nSPS) is 24.7. The second-order valence-corrected chi connectivity index (χ2v) is 5.73. The first-order valence-corrected chi connectivity index (χ1v) is 5.68. The standard InChI is InChI=1S/C7H9Cl2N3S/c1-12-4-10-11-6(12)13-3-5-2-7(5,8)9/h4-5H,2-3H2,1H3. The number of rotatable bonds is 3. The molecule has 6 heteroatoms. The molecule has 0 N–H and O–H groups in total. The maximum Gasteiger partial charge on any atom is 0.190 e. The van der Waals surface area contributed by atoms with E-state index in [4.69, 9.17) is 23.2 Å². The summed E-state index contributed by atoms with van der Waals surface area (Å²) < 4.78 is 1.41. The highest BCUT2D eigenvalue weighted by atomic mass is 35.5. The Morgan fingerprint density at radius 3 is 2.92 bits per heavy atom. The number of alkyl halides is 2. The molecule has 0 bridgehead atoms. The second kappa shape index (κ2) is 3.33. The molecule has 1 heterocycles. The van der Waals surface area contributed by atoms with Gasteiger partial charge in [0.15, 0.2) is 5.16 Å². The third-order valence-electron chi connectivity index (χ3n) is 2.04. The summed E-state index contributed by atoms with van der Waals surface area (Å²) in [5.41, 5.74) is 0. The van der Waals surface area contributed by atoms with Crippen molar-refractivity contribution < 1.29 is 0 Å². The highest BCUT2D eigenvalue weighted by Gasteiger charge is 2.51. The smallest absolute Gasteiger partial charge is 0.190 e. The molecule has 72 valence electrons. The lowest BCUT2D eigenvalue weighted by molar-refractivity contribution is 0.786. The Bertz CT molecular complexity index is 312. The Morgan fingerprint density at radius 2 is 2.46 bits per heavy atom. The van der Waals surface area contributed by atoms with Crippen LogP contribution in [0.1, 0.15) is 6.42 Å². The van der Waals surface area contributed by atoms with Crippen LogP contribution in [0, 0.1) is 5.92 Å². The highest BCUT2D eigenvalue weighted by molar-refractivity contribution is 7.99. The van der Waals surface area contributed by atoms with E-state index in [1.807, 2.05) is 11.6 Å². The van der Waals surface area contributed by atoms with Crippen molar-refractivity contribution >= 4 is 35.0 Å². The van der Waals surface area contributed by atoms with Gasteiger partial charge in [0.1, 0.15) is 10.7 Å². The van der Waals surface area contributed by atoms with E-state index in [0.717, 1.165) is 17.3 Å². The first-order chi connectivity index (χ1) is 6.09. The summed E-state index contributed by atoms with van der Waals surface area (Å²) in [5.74, 6) is 1.32. The number of aromatic nitrogens is 3. The van der Waals surface area contributed by atoms with E-state index in [2.05, 4.69) is 10.2 Å². The van der Waals surface area contributed by atoms with E-state index in [9.17, 15) is 0 Å². The lowest BCUT2D eigenvalue weighted by Crippen LogP contribution is -1.95. The molecule has 1 aliphatic rings. The third kappa shape index (κ3) is 2.11. The number of thioether (sulfide) groups is 1. The van der Waals surface area contributed by atoms with Crippen LogP contribution in [0.2, 0.25) is 0 Å². The van der Waals surface area contributed by atoms with Crippen molar-refractivity contribution in [3.63, 3.8) is 0 Å². The summed E-state index contributed by atoms with van der Waals surface area (Å²) in [5, 5.41) is 8.65. The Labute approximate surface area is 90.8 Å². The largest absolute Gasteiger partial charge is 0.312 e. The summed E-state index contributed by atoms with van der Waals surface area (Å²) in [6.07, 6.45) is 2.57. The minimum atomic E-state index is -0.481. The molecule has 13 heavy (non-hydrogen) atoms. The van der Waals surface area contributed by atoms with E-state index in [0.29, 0.717) is 5.92 Å². The number of halogens is 2. The fourth-order valence-corrected chi connectivity index (χ4v) is 2.85. The molecule has 1 saturated carbocycles. The topological polar surface area (TPSA) is 30.7 Å². The van der Waals surface area contributed by atoms with Crippen LogP contribution in [0.4, 0.5) is 0 Å². The van der Waals surface area contributed by atoms with Crippen molar-refractivity contribution in [2.24, 2.45) is 13.0 Å². The second-order valence-electron chi connectivity index (χ2n) is 3.20. The molecule has 0 aromatic carbocycles. The van der Waals surface area contributed by atoms with Gasteiger partial charge in [-0.2, -0.15) is 0 Å². The van der Waals surface area contributed by atoms with Crippen LogP contribution in [0.3, 0.4) is 0 Å². The van der Waals surface area contributed by atoms with Gasteiger partial charge in [0.2, 0.25) is 0 Å². The highest BCUT2D eigenvalue weighted by Crippen LogP contribution is 2.54. The summed E-state index contributed by atoms with van der Waals surface area (Å²) in [7, 11) is 1.92. The van der Waals surface area contributed by atoms with Crippen molar-refractivity contribution in [1.29, 1.82) is 0 Å². The molecular formula is C7H9Cl2N3S. The van der Waals surface area contributed by atoms with Crippen LogP contribution in [0.15, 0.2) is 11.5 Å². The average Bonchev–Trinajstić information content (AvgIpc) is 2.47. The van der Waals surface area contributed by atoms with Crippen LogP contribution in [-0.4, -0.2) is 24.9 Å². The van der Waals surface area contributed by atoms with Gasteiger partial charge in [0, 0.05) is 18.7 Å². The van der Waals surface area contributed by atoms with Crippen molar-refractivity contribution in [1.82, 2.24) is 14.8 Å². The lowest BCUT2D eigenvalue weighted by atomic mass is 10.5. The van der Waals surface area contributed by atoms with Gasteiger partial charge in [0.05, 0.1) is 0 Å². The molecule has 1 aromatic heterocycles. The van der Waals surface area contributed by atoms with Gasteiger partial charge in [0.25, 0.3) is 0 Å². The zero-order chi connectivity index (χ0) is 9.47. The average molecular weight is 238 g/mol. The molecular weight excluding hydrogens is 229 g/mol. The zero-order valence-electron chi connectivity index (χ0n) is 7.07. The maximum atomic E-state index is 5.90. The quantitative estimate of drug-likeness (QED) is 0.596. The summed E-state index contributed by atoms with van der Waals surface area (Å²) in [6, 6.07) is 0. The van der Waals surface area contributed by atoms with Crippen LogP contribution >= 0.6 is 35.0 Å². The van der Waals surface area contributed by atoms with Gasteiger partial charge in [-0.25, -0.2) is 0 Å². The van der Waals surface area contributed by atoms with Crippen LogP contribution in [0.5, 0.6) is 0 Å². The zero-order valence-corrected chi connectivity index (χ0v) is 9.40. The predicted octanol–water partition coefficient (Wildman–Crippen LogP) is 2.10. The van der Waals surface area contributed by atoms with Gasteiger partial charge >= 0.3 is 0 Å². The number of hydrogen-bond acceptors (Lipinski definition) is 3. The Kier molecular flexibility index (Phi) is 2.47. The Morgan fingerprint density at radius 1 is 1.77 bits per heavy atom. The van der Waals surface area contributed by atoms with Crippen LogP contribution < -0.4 is 0 Å². The van der Waals surface area contributed by atoms with Gasteiger partial charge in [-0.3, -0.25) is 0 Å². The molecule has 0 saturated heterocycles. The number of hydrogen-bond donors (Lipinski definition) is 0. The Hall–Kier alpha value is 0.0700. The predicted molar refractivity (Wildman–Crippen MR) is 54.3 cm³/mol. The molecule has 0 amide bonds. The lowest BCUT2D eigenvalue weighted by Gasteiger charge is -1.99. The monoisotopic (exact) mass is 237 g/mol. The van der Waals surface area contributed by atoms with Gasteiger partial charge in [-0.05, 0) is 6.42 Å². The maximum absolute atomic E-state index is 5.90. The van der Waals surface area contributed by atoms with Gasteiger partial charge < -0.3 is 4.57 Å². The van der Waals surface area contributed by atoms with E-state index < -0.39 is 4.33 Å². The fraction of sp³-hybridized carbons (Fsp3) is 0.714. The van der Waals surface area contributed by atoms with Crippen LogP contribution in [0.25, 0.3) is 0 Å². The molecule has 1 unspecified atom stereocenters. The summed E-state index contributed by atoms with van der Waals surface area (Å²) >= 11 is 13.4. The molecule has 0 aliphatic heterocycles. The number of nitrogens with zero attached hydrogens (tertiary/aromatic N) is 3. The van der Waals surface area contributed by atoms with Crippen molar-refractivity contribution in [3.05, 3.63) is 6.33 Å². The molecule has 1 aliphatic carbocycles.